The Morgan fingerprint density at radius 1 is 1.29 bits per heavy atom. The van der Waals surface area contributed by atoms with Crippen molar-refractivity contribution in [2.75, 3.05) is 7.05 Å². The standard InChI is InChI=1S/C14H21F2N/c1-6-14(3,4)13(17-5)11-10(15)8-7-9(2)12(11)16/h7-8,13,17H,6H2,1-5H3. The summed E-state index contributed by atoms with van der Waals surface area (Å²) in [4.78, 5) is 0. The third-order valence-electron chi connectivity index (χ3n) is 3.59. The SMILES string of the molecule is CCC(C)(C)C(NC)c1c(F)ccc(C)c1F. The van der Waals surface area contributed by atoms with Gasteiger partial charge in [0.1, 0.15) is 11.6 Å². The van der Waals surface area contributed by atoms with Gasteiger partial charge in [0.05, 0.1) is 0 Å². The molecule has 0 aliphatic heterocycles. The van der Waals surface area contributed by atoms with E-state index in [-0.39, 0.29) is 17.0 Å². The lowest BCUT2D eigenvalue weighted by Crippen LogP contribution is -2.33. The van der Waals surface area contributed by atoms with Crippen molar-refractivity contribution in [3.05, 3.63) is 34.9 Å². The summed E-state index contributed by atoms with van der Waals surface area (Å²) < 4.78 is 27.9. The second-order valence-corrected chi connectivity index (χ2v) is 5.16. The van der Waals surface area contributed by atoms with E-state index >= 15 is 0 Å². The lowest BCUT2D eigenvalue weighted by atomic mass is 9.77. The van der Waals surface area contributed by atoms with E-state index in [1.165, 1.54) is 12.1 Å². The molecule has 0 fully saturated rings. The molecule has 0 radical (unpaired) electrons. The lowest BCUT2D eigenvalue weighted by Gasteiger charge is -2.34. The first-order chi connectivity index (χ1) is 7.85. The Morgan fingerprint density at radius 3 is 2.35 bits per heavy atom. The van der Waals surface area contributed by atoms with Crippen LogP contribution in [0.15, 0.2) is 12.1 Å². The van der Waals surface area contributed by atoms with Gasteiger partial charge in [0.25, 0.3) is 0 Å². The van der Waals surface area contributed by atoms with Gasteiger partial charge < -0.3 is 5.32 Å². The largest absolute Gasteiger partial charge is 0.312 e. The van der Waals surface area contributed by atoms with E-state index in [1.54, 1.807) is 14.0 Å². The molecule has 1 unspecified atom stereocenters. The van der Waals surface area contributed by atoms with Crippen LogP contribution in [0.4, 0.5) is 8.78 Å². The maximum Gasteiger partial charge on any atom is 0.133 e. The van der Waals surface area contributed by atoms with Gasteiger partial charge in [-0.1, -0.05) is 26.8 Å². The van der Waals surface area contributed by atoms with Crippen molar-refractivity contribution in [1.82, 2.24) is 5.32 Å². The number of benzene rings is 1. The molecule has 0 bridgehead atoms. The zero-order valence-corrected chi connectivity index (χ0v) is 11.2. The number of hydrogen-bond acceptors (Lipinski definition) is 1. The Hall–Kier alpha value is -0.960. The monoisotopic (exact) mass is 241 g/mol. The van der Waals surface area contributed by atoms with Gasteiger partial charge in [0.15, 0.2) is 0 Å². The fourth-order valence-corrected chi connectivity index (χ4v) is 2.07. The topological polar surface area (TPSA) is 12.0 Å². The molecular weight excluding hydrogens is 220 g/mol. The van der Waals surface area contributed by atoms with Crippen molar-refractivity contribution in [1.29, 1.82) is 0 Å². The van der Waals surface area contributed by atoms with E-state index in [0.29, 0.717) is 5.56 Å². The average Bonchev–Trinajstić information content (AvgIpc) is 2.29. The fraction of sp³-hybridized carbons (Fsp3) is 0.571. The van der Waals surface area contributed by atoms with Crippen LogP contribution in [0.1, 0.15) is 44.4 Å². The molecule has 0 aliphatic carbocycles. The summed E-state index contributed by atoms with van der Waals surface area (Å²) in [5.74, 6) is -0.917. The van der Waals surface area contributed by atoms with Crippen molar-refractivity contribution < 1.29 is 8.78 Å². The smallest absolute Gasteiger partial charge is 0.133 e. The minimum absolute atomic E-state index is 0.152. The summed E-state index contributed by atoms with van der Waals surface area (Å²) >= 11 is 0. The molecule has 1 aromatic carbocycles. The second-order valence-electron chi connectivity index (χ2n) is 5.16. The third kappa shape index (κ3) is 2.65. The minimum atomic E-state index is -0.478. The molecule has 0 heterocycles. The minimum Gasteiger partial charge on any atom is -0.312 e. The van der Waals surface area contributed by atoms with E-state index in [1.807, 2.05) is 20.8 Å². The molecule has 0 saturated heterocycles. The average molecular weight is 241 g/mol. The zero-order chi connectivity index (χ0) is 13.2. The number of aryl methyl sites for hydroxylation is 1. The molecule has 3 heteroatoms. The molecule has 1 aromatic rings. The van der Waals surface area contributed by atoms with Crippen molar-refractivity contribution in [2.24, 2.45) is 5.41 Å². The Kier molecular flexibility index (Phi) is 4.26. The van der Waals surface area contributed by atoms with Crippen LogP contribution < -0.4 is 5.32 Å². The highest BCUT2D eigenvalue weighted by Crippen LogP contribution is 2.38. The molecule has 0 amide bonds. The third-order valence-corrected chi connectivity index (χ3v) is 3.59. The summed E-state index contributed by atoms with van der Waals surface area (Å²) in [7, 11) is 1.74. The van der Waals surface area contributed by atoms with Crippen molar-refractivity contribution in [2.45, 2.75) is 40.2 Å². The molecule has 17 heavy (non-hydrogen) atoms. The number of halogens is 2. The second kappa shape index (κ2) is 5.13. The maximum atomic E-state index is 14.1. The van der Waals surface area contributed by atoms with Gasteiger partial charge in [0.2, 0.25) is 0 Å². The molecule has 1 rings (SSSR count). The van der Waals surface area contributed by atoms with Crippen LogP contribution >= 0.6 is 0 Å². The first kappa shape index (κ1) is 14.1. The van der Waals surface area contributed by atoms with Crippen LogP contribution in [0, 0.1) is 24.0 Å². The molecular formula is C14H21F2N. The van der Waals surface area contributed by atoms with Crippen LogP contribution in [0.5, 0.6) is 0 Å². The van der Waals surface area contributed by atoms with Crippen LogP contribution in [0.3, 0.4) is 0 Å². The van der Waals surface area contributed by atoms with Gasteiger partial charge in [-0.2, -0.15) is 0 Å². The van der Waals surface area contributed by atoms with E-state index < -0.39 is 11.6 Å². The highest BCUT2D eigenvalue weighted by Gasteiger charge is 2.32. The van der Waals surface area contributed by atoms with Crippen LogP contribution in [0.2, 0.25) is 0 Å². The van der Waals surface area contributed by atoms with Gasteiger partial charge in [-0.15, -0.1) is 0 Å². The summed E-state index contributed by atoms with van der Waals surface area (Å²) in [6.45, 7) is 7.70. The summed E-state index contributed by atoms with van der Waals surface area (Å²) in [5.41, 5.74) is 0.428. The van der Waals surface area contributed by atoms with Gasteiger partial charge in [-0.05, 0) is 37.4 Å². The summed E-state index contributed by atoms with van der Waals surface area (Å²) in [6, 6.07) is 2.48. The molecule has 1 atom stereocenters. The quantitative estimate of drug-likeness (QED) is 0.841. The first-order valence-electron chi connectivity index (χ1n) is 5.97. The normalized spacial score (nSPS) is 13.8. The fourth-order valence-electron chi connectivity index (χ4n) is 2.07. The molecule has 0 saturated carbocycles. The van der Waals surface area contributed by atoms with Crippen molar-refractivity contribution >= 4 is 0 Å². The molecule has 96 valence electrons. The molecule has 1 nitrogen and oxygen atoms in total. The molecule has 1 N–H and O–H groups in total. The van der Waals surface area contributed by atoms with Crippen LogP contribution in [0.25, 0.3) is 0 Å². The Balaban J connectivity index is 3.35. The van der Waals surface area contributed by atoms with Gasteiger partial charge in [-0.3, -0.25) is 0 Å². The number of nitrogens with one attached hydrogen (secondary N) is 1. The highest BCUT2D eigenvalue weighted by molar-refractivity contribution is 5.30. The van der Waals surface area contributed by atoms with Crippen LogP contribution in [-0.2, 0) is 0 Å². The number of rotatable bonds is 4. The predicted molar refractivity (Wildman–Crippen MR) is 67.0 cm³/mol. The van der Waals surface area contributed by atoms with E-state index in [9.17, 15) is 8.78 Å². The van der Waals surface area contributed by atoms with Gasteiger partial charge >= 0.3 is 0 Å². The van der Waals surface area contributed by atoms with Crippen molar-refractivity contribution in [3.63, 3.8) is 0 Å². The lowest BCUT2D eigenvalue weighted by molar-refractivity contribution is 0.234. The van der Waals surface area contributed by atoms with E-state index in [2.05, 4.69) is 5.32 Å². The first-order valence-corrected chi connectivity index (χ1v) is 5.97. The van der Waals surface area contributed by atoms with Crippen molar-refractivity contribution in [3.8, 4) is 0 Å². The number of hydrogen-bond donors (Lipinski definition) is 1. The molecule has 0 aromatic heterocycles. The Bertz CT molecular complexity index is 399. The van der Waals surface area contributed by atoms with E-state index in [0.717, 1.165) is 6.42 Å². The Morgan fingerprint density at radius 2 is 1.88 bits per heavy atom. The highest BCUT2D eigenvalue weighted by atomic mass is 19.1. The molecule has 0 spiro atoms. The van der Waals surface area contributed by atoms with Crippen LogP contribution in [-0.4, -0.2) is 7.05 Å². The summed E-state index contributed by atoms with van der Waals surface area (Å²) in [5, 5.41) is 3.04. The Labute approximate surface area is 102 Å². The molecule has 0 aliphatic rings. The van der Waals surface area contributed by atoms with Gasteiger partial charge in [0, 0.05) is 11.6 Å². The summed E-state index contributed by atoms with van der Waals surface area (Å²) in [6.07, 6.45) is 0.839. The maximum absolute atomic E-state index is 14.1. The zero-order valence-electron chi connectivity index (χ0n) is 11.2. The van der Waals surface area contributed by atoms with E-state index in [4.69, 9.17) is 0 Å². The van der Waals surface area contributed by atoms with Gasteiger partial charge in [-0.25, -0.2) is 8.78 Å². The predicted octanol–water partition coefficient (Wildman–Crippen LogP) is 3.97.